The highest BCUT2D eigenvalue weighted by molar-refractivity contribution is 6.11. The molecule has 11 heteroatoms. The Kier molecular flexibility index (Phi) is 8.22. The second kappa shape index (κ2) is 12.4. The van der Waals surface area contributed by atoms with Crippen LogP contribution in [0.2, 0.25) is 0 Å². The zero-order chi connectivity index (χ0) is 29.9. The van der Waals surface area contributed by atoms with Crippen LogP contribution in [0.15, 0.2) is 47.7 Å². The maximum Gasteiger partial charge on any atom is 0.259 e. The number of anilines is 1. The number of nitrogens with one attached hydrogen (secondary N) is 2. The predicted molar refractivity (Wildman–Crippen MR) is 163 cm³/mol. The van der Waals surface area contributed by atoms with E-state index in [2.05, 4.69) is 20.6 Å². The Labute approximate surface area is 250 Å². The lowest BCUT2D eigenvalue weighted by atomic mass is 10.1. The molecule has 3 aromatic rings. The molecule has 0 bridgehead atoms. The summed E-state index contributed by atoms with van der Waals surface area (Å²) in [4.78, 5) is 57.2. The third kappa shape index (κ3) is 6.45. The molecule has 1 unspecified atom stereocenters. The van der Waals surface area contributed by atoms with Crippen LogP contribution in [0.4, 0.5) is 5.69 Å². The van der Waals surface area contributed by atoms with E-state index in [1.165, 1.54) is 0 Å². The lowest BCUT2D eigenvalue weighted by Crippen LogP contribution is -2.45. The first-order valence-corrected chi connectivity index (χ1v) is 15.1. The summed E-state index contributed by atoms with van der Waals surface area (Å²) in [6.07, 6.45) is 8.29. The number of pyridine rings is 2. The number of carbonyl (C=O) groups is 3. The summed E-state index contributed by atoms with van der Waals surface area (Å²) in [5, 5.41) is 6.91. The molecule has 0 aliphatic carbocycles. The van der Waals surface area contributed by atoms with Gasteiger partial charge < -0.3 is 19.9 Å². The summed E-state index contributed by atoms with van der Waals surface area (Å²) in [7, 11) is 0. The number of rotatable bonds is 5. The highest BCUT2D eigenvalue weighted by Gasteiger charge is 2.31. The van der Waals surface area contributed by atoms with E-state index in [1.54, 1.807) is 36.4 Å². The lowest BCUT2D eigenvalue weighted by Gasteiger charge is -2.25. The number of fused-ring (bicyclic) bond motifs is 2. The van der Waals surface area contributed by atoms with Gasteiger partial charge in [0.05, 0.1) is 23.3 Å². The molecular weight excluding hydrogens is 546 g/mol. The van der Waals surface area contributed by atoms with Crippen molar-refractivity contribution in [2.45, 2.75) is 64.5 Å². The van der Waals surface area contributed by atoms with E-state index in [4.69, 9.17) is 9.73 Å². The number of aromatic nitrogens is 2. The van der Waals surface area contributed by atoms with Crippen LogP contribution < -0.4 is 15.4 Å². The highest BCUT2D eigenvalue weighted by atomic mass is 16.5. The van der Waals surface area contributed by atoms with Crippen LogP contribution >= 0.6 is 0 Å². The highest BCUT2D eigenvalue weighted by Crippen LogP contribution is 2.31. The minimum atomic E-state index is -0.741. The normalized spacial score (nSPS) is 20.5. The molecule has 0 saturated carbocycles. The number of aliphatic imine (C=N–C) groups is 1. The lowest BCUT2D eigenvalue weighted by molar-refractivity contribution is -0.140. The molecule has 0 radical (unpaired) electrons. The number of hydrogen-bond donors (Lipinski definition) is 2. The Morgan fingerprint density at radius 1 is 1.09 bits per heavy atom. The standard InChI is InChI=1S/C32H37N7O4/c1-20-15-22-16-24(8-9-28(22)43-20)35-32(37-30(41)25-17-23-18-33-11-10-26(23)34-21(25)2)36-27-7-3-4-14-39(31(27)42)19-29(40)38-12-5-6-13-38/h8-11,16-18,20,27H,3-7,12-15,19H2,1-2H3,(H2,35,36,37,41)/t20?,27-/m0/s1. The minimum absolute atomic E-state index is 0.0227. The molecule has 2 N–H and O–H groups in total. The van der Waals surface area contributed by atoms with Gasteiger partial charge in [-0.05, 0) is 81.8 Å². The van der Waals surface area contributed by atoms with Crippen LogP contribution in [0.3, 0.4) is 0 Å². The van der Waals surface area contributed by atoms with E-state index in [9.17, 15) is 14.4 Å². The van der Waals surface area contributed by atoms with Crippen molar-refractivity contribution in [3.63, 3.8) is 0 Å². The molecule has 1 aromatic carbocycles. The van der Waals surface area contributed by atoms with Crippen molar-refractivity contribution >= 4 is 40.3 Å². The Morgan fingerprint density at radius 2 is 1.91 bits per heavy atom. The predicted octanol–water partition coefficient (Wildman–Crippen LogP) is 3.46. The fourth-order valence-corrected chi connectivity index (χ4v) is 6.00. The first-order chi connectivity index (χ1) is 20.8. The molecule has 224 valence electrons. The second-order valence-corrected chi connectivity index (χ2v) is 11.6. The molecule has 2 saturated heterocycles. The van der Waals surface area contributed by atoms with E-state index in [0.717, 1.165) is 73.1 Å². The monoisotopic (exact) mass is 583 g/mol. The number of carbonyl (C=O) groups excluding carboxylic acids is 3. The van der Waals surface area contributed by atoms with Crippen LogP contribution in [-0.4, -0.2) is 81.8 Å². The fraction of sp³-hybridized carbons (Fsp3) is 0.438. The molecular formula is C32H37N7O4. The summed E-state index contributed by atoms with van der Waals surface area (Å²) in [6, 6.07) is 8.55. The third-order valence-corrected chi connectivity index (χ3v) is 8.26. The summed E-state index contributed by atoms with van der Waals surface area (Å²) < 4.78 is 5.85. The number of guanidine groups is 1. The first-order valence-electron chi connectivity index (χ1n) is 15.1. The molecule has 43 heavy (non-hydrogen) atoms. The molecule has 0 spiro atoms. The largest absolute Gasteiger partial charge is 0.490 e. The van der Waals surface area contributed by atoms with Crippen LogP contribution in [-0.2, 0) is 16.0 Å². The number of benzene rings is 1. The van der Waals surface area contributed by atoms with Gasteiger partial charge >= 0.3 is 0 Å². The second-order valence-electron chi connectivity index (χ2n) is 11.6. The zero-order valence-corrected chi connectivity index (χ0v) is 24.6. The Hall–Kier alpha value is -4.54. The van der Waals surface area contributed by atoms with E-state index >= 15 is 0 Å². The number of nitrogens with zero attached hydrogens (tertiary/aromatic N) is 5. The van der Waals surface area contributed by atoms with E-state index in [0.29, 0.717) is 24.2 Å². The first kappa shape index (κ1) is 28.6. The van der Waals surface area contributed by atoms with Crippen molar-refractivity contribution in [3.05, 3.63) is 59.5 Å². The topological polar surface area (TPSA) is 129 Å². The molecule has 11 nitrogen and oxygen atoms in total. The summed E-state index contributed by atoms with van der Waals surface area (Å²) >= 11 is 0. The Morgan fingerprint density at radius 3 is 2.74 bits per heavy atom. The SMILES string of the molecule is Cc1nc2ccncc2cc1C(=O)NC(=N[C@H]1CCCCN(CC(=O)N2CCCC2)C1=O)Nc1ccc2c(c1)CC(C)O2. The molecule has 3 amide bonds. The van der Waals surface area contributed by atoms with Gasteiger partial charge in [-0.2, -0.15) is 0 Å². The van der Waals surface area contributed by atoms with E-state index in [-0.39, 0.29) is 30.4 Å². The number of likely N-dealkylation sites (tertiary alicyclic amines) is 2. The number of hydrogen-bond acceptors (Lipinski definition) is 7. The number of ether oxygens (including phenoxy) is 1. The summed E-state index contributed by atoms with van der Waals surface area (Å²) in [5.41, 5.74) is 3.48. The summed E-state index contributed by atoms with van der Waals surface area (Å²) in [6.45, 7) is 5.86. The van der Waals surface area contributed by atoms with Gasteiger partial charge in [0.2, 0.25) is 17.8 Å². The molecule has 3 aliphatic rings. The van der Waals surface area contributed by atoms with Crippen LogP contribution in [0, 0.1) is 6.92 Å². The molecule has 2 fully saturated rings. The quantitative estimate of drug-likeness (QED) is 0.348. The van der Waals surface area contributed by atoms with Crippen LogP contribution in [0.1, 0.15) is 60.6 Å². The zero-order valence-electron chi connectivity index (χ0n) is 24.6. The van der Waals surface area contributed by atoms with Gasteiger partial charge in [-0.3, -0.25) is 29.7 Å². The van der Waals surface area contributed by atoms with Crippen LogP contribution in [0.25, 0.3) is 10.9 Å². The van der Waals surface area contributed by atoms with Gasteiger partial charge in [0.25, 0.3) is 5.91 Å². The molecule has 3 aliphatic heterocycles. The van der Waals surface area contributed by atoms with Crippen molar-refractivity contribution in [3.8, 4) is 5.75 Å². The van der Waals surface area contributed by atoms with E-state index < -0.39 is 11.9 Å². The number of amides is 3. The Balaban J connectivity index is 1.28. The Bertz CT molecular complexity index is 1580. The van der Waals surface area contributed by atoms with Gasteiger partial charge in [-0.15, -0.1) is 0 Å². The smallest absolute Gasteiger partial charge is 0.259 e. The fourth-order valence-electron chi connectivity index (χ4n) is 6.00. The average molecular weight is 584 g/mol. The molecule has 2 aromatic heterocycles. The van der Waals surface area contributed by atoms with Crippen LogP contribution in [0.5, 0.6) is 5.75 Å². The van der Waals surface area contributed by atoms with Crippen molar-refractivity contribution in [1.29, 1.82) is 0 Å². The molecule has 5 heterocycles. The van der Waals surface area contributed by atoms with E-state index in [1.807, 2.05) is 30.0 Å². The van der Waals surface area contributed by atoms with Crippen molar-refractivity contribution in [1.82, 2.24) is 25.1 Å². The maximum absolute atomic E-state index is 13.7. The summed E-state index contributed by atoms with van der Waals surface area (Å²) in [5.74, 6) is 0.370. The van der Waals surface area contributed by atoms with Crippen molar-refractivity contribution in [2.24, 2.45) is 4.99 Å². The van der Waals surface area contributed by atoms with Gasteiger partial charge in [0.1, 0.15) is 17.9 Å². The third-order valence-electron chi connectivity index (χ3n) is 8.26. The van der Waals surface area contributed by atoms with Crippen molar-refractivity contribution in [2.75, 3.05) is 31.5 Å². The maximum atomic E-state index is 13.7. The van der Waals surface area contributed by atoms with Gasteiger partial charge in [0, 0.05) is 49.5 Å². The number of aryl methyl sites for hydroxylation is 1. The average Bonchev–Trinajstić information content (AvgIpc) is 3.63. The minimum Gasteiger partial charge on any atom is -0.490 e. The van der Waals surface area contributed by atoms with Gasteiger partial charge in [-0.1, -0.05) is 0 Å². The molecule has 6 rings (SSSR count). The molecule has 2 atom stereocenters. The van der Waals surface area contributed by atoms with Gasteiger partial charge in [-0.25, -0.2) is 4.99 Å². The van der Waals surface area contributed by atoms with Crippen molar-refractivity contribution < 1.29 is 19.1 Å². The van der Waals surface area contributed by atoms with Gasteiger partial charge in [0.15, 0.2) is 0 Å².